The number of amides is 2. The third-order valence-electron chi connectivity index (χ3n) is 6.83. The Hall–Kier alpha value is -2.70. The molecular formula is C31H49ClN4O6S. The van der Waals surface area contributed by atoms with Crippen LogP contribution >= 0.6 is 12.4 Å². The summed E-state index contributed by atoms with van der Waals surface area (Å²) in [5.41, 5.74) is -1.56. The van der Waals surface area contributed by atoms with Crippen molar-refractivity contribution in [2.75, 3.05) is 40.3 Å². The van der Waals surface area contributed by atoms with Crippen LogP contribution in [0.2, 0.25) is 0 Å². The van der Waals surface area contributed by atoms with Crippen LogP contribution in [0.4, 0.5) is 0 Å². The van der Waals surface area contributed by atoms with E-state index in [4.69, 9.17) is 4.74 Å². The number of nitrogens with one attached hydrogen (secondary N) is 3. The Morgan fingerprint density at radius 1 is 0.977 bits per heavy atom. The normalized spacial score (nSPS) is 13.2. The number of halogens is 1. The van der Waals surface area contributed by atoms with Crippen LogP contribution in [0.1, 0.15) is 52.5 Å². The highest BCUT2D eigenvalue weighted by Crippen LogP contribution is 2.31. The van der Waals surface area contributed by atoms with Crippen molar-refractivity contribution < 1.29 is 27.9 Å². The molecule has 2 rings (SSSR count). The van der Waals surface area contributed by atoms with Crippen LogP contribution in [0.15, 0.2) is 59.5 Å². The van der Waals surface area contributed by atoms with Gasteiger partial charge in [0.15, 0.2) is 0 Å². The zero-order valence-electron chi connectivity index (χ0n) is 26.2. The SMILES string of the molecule is CNCCC(=O)NCC(C)(C)CC(=O)NCCC(O)(Cc1ccccc1)N(CC(C)C)S(=O)(=O)c1ccc(OC)cc1.Cl. The van der Waals surface area contributed by atoms with Gasteiger partial charge in [0.1, 0.15) is 11.5 Å². The monoisotopic (exact) mass is 640 g/mol. The number of carbonyl (C=O) groups is 2. The summed E-state index contributed by atoms with van der Waals surface area (Å²) in [7, 11) is -0.850. The summed E-state index contributed by atoms with van der Waals surface area (Å²) in [6, 6.07) is 15.3. The molecule has 2 aromatic carbocycles. The van der Waals surface area contributed by atoms with Gasteiger partial charge in [0.05, 0.1) is 12.0 Å². The van der Waals surface area contributed by atoms with E-state index in [0.29, 0.717) is 25.3 Å². The van der Waals surface area contributed by atoms with E-state index < -0.39 is 21.2 Å². The minimum Gasteiger partial charge on any atom is -0.497 e. The Morgan fingerprint density at radius 2 is 1.60 bits per heavy atom. The van der Waals surface area contributed by atoms with Crippen LogP contribution in [0, 0.1) is 11.3 Å². The lowest BCUT2D eigenvalue weighted by molar-refractivity contribution is -0.125. The molecule has 10 nitrogen and oxygen atoms in total. The first-order chi connectivity index (χ1) is 19.7. The number of benzene rings is 2. The number of sulfonamides is 1. The fourth-order valence-corrected chi connectivity index (χ4v) is 6.38. The highest BCUT2D eigenvalue weighted by molar-refractivity contribution is 7.89. The number of hydrogen-bond donors (Lipinski definition) is 4. The predicted octanol–water partition coefficient (Wildman–Crippen LogP) is 3.34. The van der Waals surface area contributed by atoms with Crippen LogP contribution in [0.25, 0.3) is 0 Å². The fourth-order valence-electron chi connectivity index (χ4n) is 4.55. The number of hydrogen-bond acceptors (Lipinski definition) is 7. The van der Waals surface area contributed by atoms with Crippen LogP contribution in [0.5, 0.6) is 5.75 Å². The summed E-state index contributed by atoms with van der Waals surface area (Å²) in [4.78, 5) is 24.9. The maximum atomic E-state index is 14.0. The zero-order valence-corrected chi connectivity index (χ0v) is 27.8. The van der Waals surface area contributed by atoms with Crippen LogP contribution in [-0.2, 0) is 26.0 Å². The van der Waals surface area contributed by atoms with Crippen molar-refractivity contribution in [3.63, 3.8) is 0 Å². The van der Waals surface area contributed by atoms with Crippen LogP contribution < -0.4 is 20.7 Å². The third kappa shape index (κ3) is 12.4. The van der Waals surface area contributed by atoms with Gasteiger partial charge in [-0.15, -0.1) is 12.4 Å². The Balaban J connectivity index is 0.00000924. The molecule has 0 heterocycles. The molecule has 2 aromatic rings. The van der Waals surface area contributed by atoms with Gasteiger partial charge in [-0.2, -0.15) is 4.31 Å². The average molecular weight is 641 g/mol. The third-order valence-corrected chi connectivity index (χ3v) is 8.76. The number of nitrogens with zero attached hydrogens (tertiary/aromatic N) is 1. The average Bonchev–Trinajstić information content (AvgIpc) is 2.93. The van der Waals surface area contributed by atoms with Crippen molar-refractivity contribution in [2.24, 2.45) is 11.3 Å². The topological polar surface area (TPSA) is 137 Å². The quantitative estimate of drug-likeness (QED) is 0.184. The largest absolute Gasteiger partial charge is 0.497 e. The molecule has 0 aliphatic rings. The maximum absolute atomic E-state index is 14.0. The molecule has 0 fully saturated rings. The number of ether oxygens (including phenoxy) is 1. The standard InChI is InChI=1S/C31H48N4O6S.ClH/c1-24(2)22-35(42(39,40)27-14-12-26(41-6)13-15-27)31(38,20-25-10-8-7-9-11-25)17-19-33-29(37)21-30(3,4)23-34-28(36)16-18-32-5;/h7-15,24,32,38H,16-23H2,1-6H3,(H,33,37)(H,34,36);1H. The molecule has 1 atom stereocenters. The molecular weight excluding hydrogens is 592 g/mol. The summed E-state index contributed by atoms with van der Waals surface area (Å²) >= 11 is 0. The van der Waals surface area contributed by atoms with Gasteiger partial charge in [-0.3, -0.25) is 9.59 Å². The maximum Gasteiger partial charge on any atom is 0.245 e. The van der Waals surface area contributed by atoms with Crippen LogP contribution in [0.3, 0.4) is 0 Å². The summed E-state index contributed by atoms with van der Waals surface area (Å²) in [5, 5.41) is 20.8. The molecule has 0 spiro atoms. The van der Waals surface area contributed by atoms with E-state index in [0.717, 1.165) is 9.87 Å². The van der Waals surface area contributed by atoms with E-state index in [1.54, 1.807) is 19.2 Å². The summed E-state index contributed by atoms with van der Waals surface area (Å²) in [6.07, 6.45) is 0.508. The molecule has 0 bridgehead atoms. The van der Waals surface area contributed by atoms with E-state index in [-0.39, 0.29) is 67.4 Å². The Bertz CT molecular complexity index is 1240. The minimum atomic E-state index is -4.13. The van der Waals surface area contributed by atoms with Crippen molar-refractivity contribution in [3.05, 3.63) is 60.2 Å². The molecule has 0 aromatic heterocycles. The second-order valence-electron chi connectivity index (χ2n) is 11.8. The van der Waals surface area contributed by atoms with Crippen molar-refractivity contribution in [1.82, 2.24) is 20.3 Å². The van der Waals surface area contributed by atoms with Gasteiger partial charge < -0.3 is 25.8 Å². The predicted molar refractivity (Wildman–Crippen MR) is 172 cm³/mol. The molecule has 0 saturated carbocycles. The molecule has 43 heavy (non-hydrogen) atoms. The molecule has 0 aliphatic heterocycles. The Kier molecular flexibility index (Phi) is 15.6. The zero-order chi connectivity index (χ0) is 31.4. The summed E-state index contributed by atoms with van der Waals surface area (Å²) < 4.78 is 34.3. The lowest BCUT2D eigenvalue weighted by Crippen LogP contribution is -2.55. The van der Waals surface area contributed by atoms with Gasteiger partial charge in [-0.05, 0) is 48.2 Å². The first-order valence-electron chi connectivity index (χ1n) is 14.3. The van der Waals surface area contributed by atoms with Crippen LogP contribution in [-0.4, -0.2) is 75.7 Å². The molecule has 1 unspecified atom stereocenters. The highest BCUT2D eigenvalue weighted by atomic mass is 35.5. The van der Waals surface area contributed by atoms with Crippen molar-refractivity contribution in [3.8, 4) is 5.75 Å². The van der Waals surface area contributed by atoms with E-state index in [2.05, 4.69) is 16.0 Å². The first-order valence-corrected chi connectivity index (χ1v) is 15.8. The van der Waals surface area contributed by atoms with Gasteiger partial charge in [-0.1, -0.05) is 58.0 Å². The Labute approximate surface area is 263 Å². The smallest absolute Gasteiger partial charge is 0.245 e. The second kappa shape index (κ2) is 17.6. The molecule has 0 saturated heterocycles. The number of rotatable bonds is 18. The molecule has 2 amide bonds. The van der Waals surface area contributed by atoms with Crippen molar-refractivity contribution in [1.29, 1.82) is 0 Å². The second-order valence-corrected chi connectivity index (χ2v) is 13.7. The van der Waals surface area contributed by atoms with Gasteiger partial charge in [0.25, 0.3) is 0 Å². The highest BCUT2D eigenvalue weighted by Gasteiger charge is 2.43. The van der Waals surface area contributed by atoms with Gasteiger partial charge in [-0.25, -0.2) is 8.42 Å². The van der Waals surface area contributed by atoms with E-state index in [9.17, 15) is 23.1 Å². The van der Waals surface area contributed by atoms with E-state index >= 15 is 0 Å². The van der Waals surface area contributed by atoms with Crippen molar-refractivity contribution >= 4 is 34.2 Å². The van der Waals surface area contributed by atoms with Crippen molar-refractivity contribution in [2.45, 2.75) is 64.0 Å². The molecule has 0 radical (unpaired) electrons. The molecule has 12 heteroatoms. The van der Waals surface area contributed by atoms with Gasteiger partial charge >= 0.3 is 0 Å². The minimum absolute atomic E-state index is 0. The summed E-state index contributed by atoms with van der Waals surface area (Å²) in [5.74, 6) is 0.0955. The number of methoxy groups -OCH3 is 1. The number of carbonyl (C=O) groups excluding carboxylic acids is 2. The molecule has 242 valence electrons. The van der Waals surface area contributed by atoms with E-state index in [1.807, 2.05) is 58.0 Å². The molecule has 0 aliphatic carbocycles. The lowest BCUT2D eigenvalue weighted by Gasteiger charge is -2.40. The van der Waals surface area contributed by atoms with E-state index in [1.165, 1.54) is 19.2 Å². The van der Waals surface area contributed by atoms with Gasteiger partial charge in [0.2, 0.25) is 21.8 Å². The molecule has 4 N–H and O–H groups in total. The number of aliphatic hydroxyl groups is 1. The first kappa shape index (κ1) is 38.3. The lowest BCUT2D eigenvalue weighted by atomic mass is 9.88. The fraction of sp³-hybridized carbons (Fsp3) is 0.548. The summed E-state index contributed by atoms with van der Waals surface area (Å²) in [6.45, 7) is 8.60. The van der Waals surface area contributed by atoms with Gasteiger partial charge in [0, 0.05) is 51.9 Å². The Morgan fingerprint density at radius 3 is 2.16 bits per heavy atom.